The molecule has 0 fully saturated rings. The molecule has 1 amide bonds. The van der Waals surface area contributed by atoms with Gasteiger partial charge in [-0.15, -0.1) is 0 Å². The van der Waals surface area contributed by atoms with E-state index < -0.39 is 6.10 Å². The van der Waals surface area contributed by atoms with Crippen LogP contribution in [0, 0.1) is 0 Å². The minimum Gasteiger partial charge on any atom is -0.488 e. The van der Waals surface area contributed by atoms with Crippen molar-refractivity contribution in [3.8, 4) is 16.9 Å². The monoisotopic (exact) mass is 404 g/mol. The van der Waals surface area contributed by atoms with Crippen LogP contribution in [0.15, 0.2) is 73.1 Å². The molecule has 5 nitrogen and oxygen atoms in total. The number of pyridine rings is 1. The molecule has 0 radical (unpaired) electrons. The molecule has 0 bridgehead atoms. The van der Waals surface area contributed by atoms with Gasteiger partial charge in [0.25, 0.3) is 0 Å². The Morgan fingerprint density at radius 2 is 1.70 bits per heavy atom. The summed E-state index contributed by atoms with van der Waals surface area (Å²) in [5.74, 6) is 0.726. The number of likely N-dealkylation sites (N-methyl/N-ethyl adjacent to an activating group) is 1. The quantitative estimate of drug-likeness (QED) is 0.569. The number of aliphatic hydroxyl groups excluding tert-OH is 1. The second-order valence-electron chi connectivity index (χ2n) is 7.36. The zero-order chi connectivity index (χ0) is 21.3. The predicted octanol–water partition coefficient (Wildman–Crippen LogP) is 3.80. The molecular formula is C25H28N2O3. The molecule has 0 aliphatic heterocycles. The van der Waals surface area contributed by atoms with Crippen LogP contribution >= 0.6 is 0 Å². The summed E-state index contributed by atoms with van der Waals surface area (Å²) in [5.41, 5.74) is 4.23. The topological polar surface area (TPSA) is 71.5 Å². The highest BCUT2D eigenvalue weighted by molar-refractivity contribution is 5.78. The Balaban J connectivity index is 1.54. The molecule has 3 aromatic rings. The van der Waals surface area contributed by atoms with E-state index in [-0.39, 0.29) is 12.0 Å². The van der Waals surface area contributed by atoms with Crippen molar-refractivity contribution in [3.05, 3.63) is 84.2 Å². The smallest absolute Gasteiger partial charge is 0.224 e. The molecule has 0 aliphatic carbocycles. The Morgan fingerprint density at radius 1 is 1.03 bits per heavy atom. The number of nitrogens with one attached hydrogen (secondary N) is 1. The van der Waals surface area contributed by atoms with E-state index in [1.807, 2.05) is 73.8 Å². The van der Waals surface area contributed by atoms with Crippen molar-refractivity contribution in [1.82, 2.24) is 10.3 Å². The van der Waals surface area contributed by atoms with Crippen LogP contribution in [-0.4, -0.2) is 35.3 Å². The number of hydrogen-bond acceptors (Lipinski definition) is 4. The van der Waals surface area contributed by atoms with Gasteiger partial charge in [0.2, 0.25) is 5.91 Å². The Morgan fingerprint density at radius 3 is 2.30 bits per heavy atom. The third-order valence-corrected chi connectivity index (χ3v) is 5.10. The summed E-state index contributed by atoms with van der Waals surface area (Å²) >= 11 is 0. The van der Waals surface area contributed by atoms with Crippen LogP contribution < -0.4 is 10.1 Å². The van der Waals surface area contributed by atoms with Gasteiger partial charge in [0.1, 0.15) is 11.9 Å². The van der Waals surface area contributed by atoms with Crippen LogP contribution in [0.4, 0.5) is 0 Å². The average molecular weight is 405 g/mol. The molecule has 2 N–H and O–H groups in total. The number of amides is 1. The SMILES string of the molecule is CNC(=O)Cc1ccc(-c2ccc(O[C@@H](C)[C@H](O)CCc3cccnc3)cc2)cc1. The minimum atomic E-state index is -0.558. The summed E-state index contributed by atoms with van der Waals surface area (Å²) in [6.45, 7) is 1.88. The first kappa shape index (κ1) is 21.5. The summed E-state index contributed by atoms with van der Waals surface area (Å²) in [6, 6.07) is 19.7. The number of carbonyl (C=O) groups excluding carboxylic acids is 1. The first-order valence-corrected chi connectivity index (χ1v) is 10.2. The normalized spacial score (nSPS) is 12.8. The second kappa shape index (κ2) is 10.6. The zero-order valence-corrected chi connectivity index (χ0v) is 17.4. The van der Waals surface area contributed by atoms with Crippen molar-refractivity contribution in [2.75, 3.05) is 7.05 Å². The van der Waals surface area contributed by atoms with Gasteiger partial charge >= 0.3 is 0 Å². The van der Waals surface area contributed by atoms with Gasteiger partial charge < -0.3 is 15.2 Å². The van der Waals surface area contributed by atoms with E-state index in [1.165, 1.54) is 0 Å². The highest BCUT2D eigenvalue weighted by Gasteiger charge is 2.16. The molecule has 2 atom stereocenters. The Hall–Kier alpha value is -3.18. The number of aryl methyl sites for hydroxylation is 1. The van der Waals surface area contributed by atoms with Gasteiger partial charge in [-0.3, -0.25) is 9.78 Å². The van der Waals surface area contributed by atoms with Crippen LogP contribution in [0.25, 0.3) is 11.1 Å². The Labute approximate surface area is 177 Å². The molecule has 30 heavy (non-hydrogen) atoms. The number of aromatic nitrogens is 1. The lowest BCUT2D eigenvalue weighted by atomic mass is 10.0. The summed E-state index contributed by atoms with van der Waals surface area (Å²) in [7, 11) is 1.64. The van der Waals surface area contributed by atoms with Gasteiger partial charge in [-0.05, 0) is 60.2 Å². The third kappa shape index (κ3) is 6.16. The lowest BCUT2D eigenvalue weighted by Gasteiger charge is -2.20. The fourth-order valence-electron chi connectivity index (χ4n) is 3.20. The highest BCUT2D eigenvalue weighted by atomic mass is 16.5. The Kier molecular flexibility index (Phi) is 7.57. The number of aliphatic hydroxyl groups is 1. The molecule has 3 rings (SSSR count). The van der Waals surface area contributed by atoms with Crippen molar-refractivity contribution in [2.24, 2.45) is 0 Å². The minimum absolute atomic E-state index is 0.000921. The first-order valence-electron chi connectivity index (χ1n) is 10.2. The van der Waals surface area contributed by atoms with Gasteiger partial charge in [0.05, 0.1) is 12.5 Å². The second-order valence-corrected chi connectivity index (χ2v) is 7.36. The largest absolute Gasteiger partial charge is 0.488 e. The van der Waals surface area contributed by atoms with Crippen molar-refractivity contribution in [2.45, 2.75) is 38.4 Å². The van der Waals surface area contributed by atoms with Crippen LogP contribution in [-0.2, 0) is 17.6 Å². The molecule has 0 saturated heterocycles. The van der Waals surface area contributed by atoms with E-state index in [1.54, 1.807) is 13.2 Å². The predicted molar refractivity (Wildman–Crippen MR) is 118 cm³/mol. The van der Waals surface area contributed by atoms with Gasteiger partial charge in [0, 0.05) is 19.4 Å². The van der Waals surface area contributed by atoms with E-state index in [0.29, 0.717) is 12.8 Å². The first-order chi connectivity index (χ1) is 14.5. The number of rotatable bonds is 9. The highest BCUT2D eigenvalue weighted by Crippen LogP contribution is 2.24. The van der Waals surface area contributed by atoms with E-state index in [9.17, 15) is 9.90 Å². The number of ether oxygens (including phenoxy) is 1. The van der Waals surface area contributed by atoms with Crippen LogP contribution in [0.2, 0.25) is 0 Å². The zero-order valence-electron chi connectivity index (χ0n) is 17.4. The molecule has 2 aromatic carbocycles. The van der Waals surface area contributed by atoms with Crippen LogP contribution in [0.3, 0.4) is 0 Å². The molecule has 0 spiro atoms. The molecular weight excluding hydrogens is 376 g/mol. The van der Waals surface area contributed by atoms with Crippen LogP contribution in [0.5, 0.6) is 5.75 Å². The van der Waals surface area contributed by atoms with Crippen molar-refractivity contribution in [1.29, 1.82) is 0 Å². The molecule has 0 unspecified atom stereocenters. The maximum absolute atomic E-state index is 11.5. The van der Waals surface area contributed by atoms with E-state index >= 15 is 0 Å². The summed E-state index contributed by atoms with van der Waals surface area (Å²) in [6.07, 6.45) is 4.46. The van der Waals surface area contributed by atoms with Crippen molar-refractivity contribution in [3.63, 3.8) is 0 Å². The third-order valence-electron chi connectivity index (χ3n) is 5.10. The average Bonchev–Trinajstić information content (AvgIpc) is 2.79. The number of carbonyl (C=O) groups is 1. The van der Waals surface area contributed by atoms with Crippen molar-refractivity contribution >= 4 is 5.91 Å². The summed E-state index contributed by atoms with van der Waals surface area (Å²) in [4.78, 5) is 15.6. The van der Waals surface area contributed by atoms with Crippen LogP contribution in [0.1, 0.15) is 24.5 Å². The van der Waals surface area contributed by atoms with E-state index in [2.05, 4.69) is 10.3 Å². The molecule has 1 aromatic heterocycles. The van der Waals surface area contributed by atoms with Gasteiger partial charge in [0.15, 0.2) is 0 Å². The Bertz CT molecular complexity index is 925. The molecule has 1 heterocycles. The fourth-order valence-corrected chi connectivity index (χ4v) is 3.20. The molecule has 0 aliphatic rings. The lowest BCUT2D eigenvalue weighted by molar-refractivity contribution is -0.119. The number of benzene rings is 2. The number of hydrogen-bond donors (Lipinski definition) is 2. The number of nitrogens with zero attached hydrogens (tertiary/aromatic N) is 1. The van der Waals surface area contributed by atoms with Gasteiger partial charge in [-0.25, -0.2) is 0 Å². The van der Waals surface area contributed by atoms with Gasteiger partial charge in [-0.1, -0.05) is 42.5 Å². The molecule has 156 valence electrons. The molecule has 5 heteroatoms. The summed E-state index contributed by atoms with van der Waals surface area (Å²) in [5, 5.41) is 13.0. The summed E-state index contributed by atoms with van der Waals surface area (Å²) < 4.78 is 5.92. The lowest BCUT2D eigenvalue weighted by Crippen LogP contribution is -2.29. The van der Waals surface area contributed by atoms with E-state index in [4.69, 9.17) is 4.74 Å². The van der Waals surface area contributed by atoms with E-state index in [0.717, 1.165) is 34.4 Å². The fraction of sp³-hybridized carbons (Fsp3) is 0.280. The van der Waals surface area contributed by atoms with Gasteiger partial charge in [-0.2, -0.15) is 0 Å². The van der Waals surface area contributed by atoms with Crippen molar-refractivity contribution < 1.29 is 14.6 Å². The standard InChI is InChI=1S/C25H28N2O3/c1-18(24(28)14-7-20-4-3-15-27-17-20)30-23-12-10-22(11-13-23)21-8-5-19(6-9-21)16-25(29)26-2/h3-6,8-13,15,17-18,24,28H,7,14,16H2,1-2H3,(H,26,29)/t18-,24+/m0/s1. The maximum atomic E-state index is 11.5. The maximum Gasteiger partial charge on any atom is 0.224 e. The molecule has 0 saturated carbocycles.